The summed E-state index contributed by atoms with van der Waals surface area (Å²) in [5, 5.41) is 1.29. The third-order valence-corrected chi connectivity index (χ3v) is 7.15. The largest absolute Gasteiger partial charge is 0.378 e. The van der Waals surface area contributed by atoms with E-state index in [4.69, 9.17) is 4.74 Å². The zero-order valence-corrected chi connectivity index (χ0v) is 20.4. The lowest BCUT2D eigenvalue weighted by Crippen LogP contribution is -2.54. The second-order valence-corrected chi connectivity index (χ2v) is 9.76. The van der Waals surface area contributed by atoms with Gasteiger partial charge in [-0.2, -0.15) is 0 Å². The molecule has 0 radical (unpaired) electrons. The fourth-order valence-electron chi connectivity index (χ4n) is 5.43. The Morgan fingerprint density at radius 1 is 1.03 bits per heavy atom. The van der Waals surface area contributed by atoms with Crippen LogP contribution < -0.4 is 9.80 Å². The second kappa shape index (κ2) is 10.2. The van der Waals surface area contributed by atoms with E-state index in [-0.39, 0.29) is 18.1 Å². The summed E-state index contributed by atoms with van der Waals surface area (Å²) < 4.78 is 5.69. The number of nitrogens with one attached hydrogen (secondary N) is 1. The van der Waals surface area contributed by atoms with Gasteiger partial charge in [-0.3, -0.25) is 9.69 Å². The number of hydrogen-bond acceptors (Lipinski definition) is 4. The molecule has 1 amide bonds. The monoisotopic (exact) mass is 460 g/mol. The minimum Gasteiger partial charge on any atom is -0.378 e. The van der Waals surface area contributed by atoms with Gasteiger partial charge in [-0.05, 0) is 56.5 Å². The Morgan fingerprint density at radius 2 is 1.82 bits per heavy atom. The summed E-state index contributed by atoms with van der Waals surface area (Å²) in [7, 11) is 0. The molecule has 3 heterocycles. The number of carbonyl (C=O) groups excluding carboxylic acids is 1. The molecule has 5 rings (SSSR count). The van der Waals surface area contributed by atoms with Gasteiger partial charge in [-0.15, -0.1) is 0 Å². The van der Waals surface area contributed by atoms with Gasteiger partial charge in [0.05, 0.1) is 19.1 Å². The molecule has 1 aromatic heterocycles. The molecule has 3 aromatic rings. The minimum absolute atomic E-state index is 0.144. The van der Waals surface area contributed by atoms with Crippen molar-refractivity contribution in [2.75, 3.05) is 49.1 Å². The molecule has 6 nitrogen and oxygen atoms in total. The molecule has 0 bridgehead atoms. The van der Waals surface area contributed by atoms with Crippen molar-refractivity contribution in [3.05, 3.63) is 60.3 Å². The molecule has 1 saturated heterocycles. The number of nitrogens with zero attached hydrogens (tertiary/aromatic N) is 3. The number of piperazine rings is 1. The molecule has 0 spiro atoms. The fourth-order valence-corrected chi connectivity index (χ4v) is 5.43. The first-order chi connectivity index (χ1) is 16.6. The maximum Gasteiger partial charge on any atom is 0.229 e. The number of H-pyrrole nitrogens is 1. The molecular formula is C28H36N4O2. The molecule has 0 aliphatic carbocycles. The van der Waals surface area contributed by atoms with Crippen LogP contribution in [0.15, 0.2) is 54.7 Å². The number of carbonyl (C=O) groups is 1. The first-order valence-electron chi connectivity index (χ1n) is 12.6. The van der Waals surface area contributed by atoms with Crippen LogP contribution in [0.5, 0.6) is 0 Å². The zero-order valence-electron chi connectivity index (χ0n) is 20.4. The van der Waals surface area contributed by atoms with Crippen molar-refractivity contribution in [1.29, 1.82) is 0 Å². The van der Waals surface area contributed by atoms with Crippen molar-refractivity contribution in [1.82, 2.24) is 9.88 Å². The predicted molar refractivity (Wildman–Crippen MR) is 139 cm³/mol. The first-order valence-corrected chi connectivity index (χ1v) is 12.6. The third-order valence-electron chi connectivity index (χ3n) is 7.15. The van der Waals surface area contributed by atoms with Crippen molar-refractivity contribution in [3.8, 4) is 0 Å². The molecule has 1 atom stereocenters. The average Bonchev–Trinajstić information content (AvgIpc) is 3.33. The number of aryl methyl sites for hydroxylation is 1. The van der Waals surface area contributed by atoms with E-state index in [0.717, 1.165) is 51.3 Å². The van der Waals surface area contributed by atoms with Gasteiger partial charge in [-0.1, -0.05) is 24.3 Å². The maximum absolute atomic E-state index is 13.3. The van der Waals surface area contributed by atoms with Crippen LogP contribution in [0.1, 0.15) is 32.3 Å². The highest BCUT2D eigenvalue weighted by molar-refractivity contribution is 5.95. The Bertz CT molecular complexity index is 1120. The predicted octanol–water partition coefficient (Wildman–Crippen LogP) is 4.45. The van der Waals surface area contributed by atoms with Gasteiger partial charge < -0.3 is 19.5 Å². The number of para-hydroxylation sites is 1. The average molecular weight is 461 g/mol. The molecule has 1 N–H and O–H groups in total. The third kappa shape index (κ3) is 4.84. The summed E-state index contributed by atoms with van der Waals surface area (Å²) >= 11 is 0. The van der Waals surface area contributed by atoms with Crippen LogP contribution >= 0.6 is 0 Å². The Labute approximate surface area is 202 Å². The number of fused-ring (bicyclic) bond motifs is 2. The Hall–Kier alpha value is -2.83. The molecule has 1 fully saturated rings. The van der Waals surface area contributed by atoms with Gasteiger partial charge >= 0.3 is 0 Å². The van der Waals surface area contributed by atoms with Crippen LogP contribution in [0, 0.1) is 0 Å². The minimum atomic E-state index is 0.144. The van der Waals surface area contributed by atoms with Crippen molar-refractivity contribution in [3.63, 3.8) is 0 Å². The summed E-state index contributed by atoms with van der Waals surface area (Å²) in [6, 6.07) is 17.3. The van der Waals surface area contributed by atoms with Gasteiger partial charge in [0.2, 0.25) is 5.91 Å². The van der Waals surface area contributed by atoms with E-state index in [1.54, 1.807) is 0 Å². The Balaban J connectivity index is 1.25. The van der Waals surface area contributed by atoms with E-state index in [2.05, 4.69) is 62.1 Å². The normalized spacial score (nSPS) is 19.1. The van der Waals surface area contributed by atoms with E-state index < -0.39 is 0 Å². The smallest absolute Gasteiger partial charge is 0.229 e. The number of amides is 1. The van der Waals surface area contributed by atoms with Crippen LogP contribution in [-0.4, -0.2) is 67.3 Å². The highest BCUT2D eigenvalue weighted by Crippen LogP contribution is 2.32. The highest BCUT2D eigenvalue weighted by atomic mass is 16.5. The van der Waals surface area contributed by atoms with Crippen LogP contribution in [0.25, 0.3) is 10.9 Å². The summed E-state index contributed by atoms with van der Waals surface area (Å²) in [6.45, 7) is 9.46. The summed E-state index contributed by atoms with van der Waals surface area (Å²) in [5.74, 6) is 0.176. The Morgan fingerprint density at radius 3 is 2.65 bits per heavy atom. The van der Waals surface area contributed by atoms with E-state index in [1.165, 1.54) is 22.2 Å². The standard InChI is InChI=1S/C28H36N4O2/c1-21(2)34-19-13-28(33)32-23(11-10-22-6-3-4-8-26(22)32)20-30-15-17-31(18-16-30)27-9-5-7-25-24(27)12-14-29-25/h3-9,12,14,21,23,29H,10-11,13,15-20H2,1-2H3. The van der Waals surface area contributed by atoms with Gasteiger partial charge in [0.25, 0.3) is 0 Å². The SMILES string of the molecule is CC(C)OCCC(=O)N1c2ccccc2CCC1CN1CCN(c2cccc3[nH]ccc23)CC1. The van der Waals surface area contributed by atoms with Gasteiger partial charge in [0.15, 0.2) is 0 Å². The zero-order chi connectivity index (χ0) is 23.5. The fraction of sp³-hybridized carbons (Fsp3) is 0.464. The second-order valence-electron chi connectivity index (χ2n) is 9.76. The van der Waals surface area contributed by atoms with Gasteiger partial charge in [0, 0.05) is 67.2 Å². The van der Waals surface area contributed by atoms with E-state index >= 15 is 0 Å². The number of benzene rings is 2. The van der Waals surface area contributed by atoms with Gasteiger partial charge in [0.1, 0.15) is 0 Å². The lowest BCUT2D eigenvalue weighted by atomic mass is 9.94. The number of aromatic amines is 1. The summed E-state index contributed by atoms with van der Waals surface area (Å²) in [4.78, 5) is 23.8. The van der Waals surface area contributed by atoms with E-state index in [1.807, 2.05) is 26.1 Å². The molecule has 34 heavy (non-hydrogen) atoms. The van der Waals surface area contributed by atoms with Crippen molar-refractivity contribution in [2.45, 2.75) is 45.3 Å². The maximum atomic E-state index is 13.3. The summed E-state index contributed by atoms with van der Waals surface area (Å²) in [5.41, 5.74) is 4.87. The van der Waals surface area contributed by atoms with Crippen LogP contribution in [0.3, 0.4) is 0 Å². The number of ether oxygens (including phenoxy) is 1. The molecule has 2 aliphatic rings. The molecule has 2 aromatic carbocycles. The topological polar surface area (TPSA) is 51.8 Å². The van der Waals surface area contributed by atoms with Crippen molar-refractivity contribution in [2.24, 2.45) is 0 Å². The van der Waals surface area contributed by atoms with Crippen LogP contribution in [0.4, 0.5) is 11.4 Å². The number of rotatable bonds is 7. The molecule has 0 saturated carbocycles. The first kappa shape index (κ1) is 22.9. The van der Waals surface area contributed by atoms with Crippen molar-refractivity contribution >= 4 is 28.2 Å². The number of anilines is 2. The summed E-state index contributed by atoms with van der Waals surface area (Å²) in [6.07, 6.45) is 4.63. The van der Waals surface area contributed by atoms with Crippen LogP contribution in [0.2, 0.25) is 0 Å². The van der Waals surface area contributed by atoms with Crippen molar-refractivity contribution < 1.29 is 9.53 Å². The lowest BCUT2D eigenvalue weighted by Gasteiger charge is -2.42. The van der Waals surface area contributed by atoms with Gasteiger partial charge in [-0.25, -0.2) is 0 Å². The lowest BCUT2D eigenvalue weighted by molar-refractivity contribution is -0.120. The molecule has 2 aliphatic heterocycles. The van der Waals surface area contributed by atoms with Crippen LogP contribution in [-0.2, 0) is 16.0 Å². The molecule has 1 unspecified atom stereocenters. The molecule has 6 heteroatoms. The van der Waals surface area contributed by atoms with E-state index in [0.29, 0.717) is 13.0 Å². The Kier molecular flexibility index (Phi) is 6.88. The number of hydrogen-bond donors (Lipinski definition) is 1. The molecule has 180 valence electrons. The number of aromatic nitrogens is 1. The highest BCUT2D eigenvalue weighted by Gasteiger charge is 2.32. The molecular weight excluding hydrogens is 424 g/mol. The van der Waals surface area contributed by atoms with E-state index in [9.17, 15) is 4.79 Å². The quantitative estimate of drug-likeness (QED) is 0.566.